The fourth-order valence-corrected chi connectivity index (χ4v) is 6.46. The molecule has 0 saturated carbocycles. The quantitative estimate of drug-likeness (QED) is 0.0949. The van der Waals surface area contributed by atoms with E-state index in [1.165, 1.54) is 12.1 Å². The average molecular weight is 647 g/mol. The molecule has 0 amide bonds. The number of benzene rings is 3. The van der Waals surface area contributed by atoms with Crippen molar-refractivity contribution in [2.45, 2.75) is 118 Å². The molecule has 4 nitrogen and oxygen atoms in total. The van der Waals surface area contributed by atoms with E-state index in [-0.39, 0.29) is 0 Å². The van der Waals surface area contributed by atoms with Crippen LogP contribution in [0.5, 0.6) is 0 Å². The Labute approximate surface area is 265 Å². The number of halogens is 6. The SMILES string of the molecule is CCCCn1c2ccc(C(F)(F)F)cc2n(CCCC)c2cc3c(cc21)n(CCCC)c1cc(C(F)(F)F)ccc1n3CCCC. The second kappa shape index (κ2) is 13.7. The van der Waals surface area contributed by atoms with E-state index in [1.807, 2.05) is 9.13 Å². The second-order valence-corrected chi connectivity index (χ2v) is 12.3. The van der Waals surface area contributed by atoms with Gasteiger partial charge in [-0.3, -0.25) is 0 Å². The second-order valence-electron chi connectivity index (χ2n) is 12.3. The van der Waals surface area contributed by atoms with Crippen molar-refractivity contribution in [3.8, 4) is 0 Å². The standard InChI is InChI=1S/C36H44F6N4/c1-5-9-17-43-27-15-13-25(35(37,38)39)21-29(27)45(19-11-7-3)33-24-32-34(23-31(33)43)46(20-12-8-4)30-22-26(36(40,41)42)14-16-28(30)44(32)18-10-6-2/h13-16,21-24H,5-12,17-20H2,1-4H3. The highest BCUT2D eigenvalue weighted by molar-refractivity contribution is 5.99. The van der Waals surface area contributed by atoms with Gasteiger partial charge in [0, 0.05) is 26.2 Å². The van der Waals surface area contributed by atoms with Crippen LogP contribution in [0.4, 0.5) is 26.3 Å². The molecule has 0 bridgehead atoms. The molecule has 250 valence electrons. The van der Waals surface area contributed by atoms with E-state index >= 15 is 0 Å². The van der Waals surface area contributed by atoms with Gasteiger partial charge in [0.25, 0.3) is 0 Å². The minimum absolute atomic E-state index is 0.529. The van der Waals surface area contributed by atoms with E-state index in [9.17, 15) is 26.3 Å². The van der Waals surface area contributed by atoms with Crippen molar-refractivity contribution in [2.24, 2.45) is 0 Å². The molecule has 2 heterocycles. The molecule has 2 aromatic heterocycles. The van der Waals surface area contributed by atoms with Crippen LogP contribution in [-0.2, 0) is 38.5 Å². The maximum atomic E-state index is 14.0. The molecule has 0 atom stereocenters. The molecule has 0 aliphatic heterocycles. The van der Waals surface area contributed by atoms with Crippen LogP contribution in [0.1, 0.15) is 90.2 Å². The van der Waals surface area contributed by atoms with Crippen LogP contribution in [0.15, 0.2) is 48.5 Å². The molecule has 0 aliphatic rings. The predicted octanol–water partition coefficient (Wildman–Crippen LogP) is 11.9. The Morgan fingerprint density at radius 1 is 0.391 bits per heavy atom. The van der Waals surface area contributed by atoms with Crippen LogP contribution >= 0.6 is 0 Å². The lowest BCUT2D eigenvalue weighted by Crippen LogP contribution is -2.16. The van der Waals surface area contributed by atoms with E-state index in [0.29, 0.717) is 48.2 Å². The number of rotatable bonds is 12. The Hall–Kier alpha value is -3.56. The van der Waals surface area contributed by atoms with Gasteiger partial charge >= 0.3 is 12.4 Å². The zero-order valence-electron chi connectivity index (χ0n) is 27.2. The zero-order valence-corrected chi connectivity index (χ0v) is 27.2. The summed E-state index contributed by atoms with van der Waals surface area (Å²) in [6.45, 7) is 10.6. The van der Waals surface area contributed by atoms with Gasteiger partial charge in [-0.05, 0) is 74.2 Å². The molecule has 0 unspecified atom stereocenters. The monoisotopic (exact) mass is 646 g/mol. The maximum Gasteiger partial charge on any atom is 0.416 e. The summed E-state index contributed by atoms with van der Waals surface area (Å²) in [7, 11) is 0. The molecule has 0 spiro atoms. The predicted molar refractivity (Wildman–Crippen MR) is 176 cm³/mol. The first-order valence-electron chi connectivity index (χ1n) is 16.6. The van der Waals surface area contributed by atoms with Gasteiger partial charge in [-0.2, -0.15) is 26.3 Å². The number of unbranched alkanes of at least 4 members (excludes halogenated alkanes) is 4. The third-order valence-electron chi connectivity index (χ3n) is 8.94. The molecular weight excluding hydrogens is 602 g/mol. The summed E-state index contributed by atoms with van der Waals surface area (Å²) >= 11 is 0. The Morgan fingerprint density at radius 2 is 0.652 bits per heavy atom. The molecule has 0 fully saturated rings. The highest BCUT2D eigenvalue weighted by Crippen LogP contribution is 2.37. The topological polar surface area (TPSA) is 19.7 Å². The van der Waals surface area contributed by atoms with E-state index in [1.54, 1.807) is 12.1 Å². The van der Waals surface area contributed by atoms with Crippen molar-refractivity contribution in [1.82, 2.24) is 18.3 Å². The van der Waals surface area contributed by atoms with Crippen molar-refractivity contribution in [1.29, 1.82) is 0 Å². The van der Waals surface area contributed by atoms with Crippen LogP contribution < -0.4 is 0 Å². The molecule has 5 rings (SSSR count). The lowest BCUT2D eigenvalue weighted by Gasteiger charge is -2.26. The third kappa shape index (κ3) is 6.49. The van der Waals surface area contributed by atoms with E-state index in [2.05, 4.69) is 49.0 Å². The highest BCUT2D eigenvalue weighted by Gasteiger charge is 2.32. The van der Waals surface area contributed by atoms with Gasteiger partial charge in [-0.25, -0.2) is 0 Å². The molecular formula is C36H44F6N4. The number of hydrogen-bond donors (Lipinski definition) is 0. The molecule has 10 heteroatoms. The number of fused-ring (bicyclic) bond motifs is 4. The first-order chi connectivity index (χ1) is 21.9. The number of hydrogen-bond acceptors (Lipinski definition) is 0. The smallest absolute Gasteiger partial charge is 0.338 e. The summed E-state index contributed by atoms with van der Waals surface area (Å²) in [6, 6.07) is 12.1. The van der Waals surface area contributed by atoms with E-state index < -0.39 is 23.5 Å². The number of aromatic nitrogens is 4. The van der Waals surface area contributed by atoms with Gasteiger partial charge in [0.1, 0.15) is 0 Å². The minimum atomic E-state index is -4.48. The third-order valence-corrected chi connectivity index (χ3v) is 8.94. The molecule has 3 aromatic carbocycles. The summed E-state index contributed by atoms with van der Waals surface area (Å²) in [5, 5.41) is 0. The number of nitrogens with zero attached hydrogens (tertiary/aromatic N) is 4. The van der Waals surface area contributed by atoms with Crippen molar-refractivity contribution in [2.75, 3.05) is 0 Å². The van der Waals surface area contributed by atoms with Crippen LogP contribution in [0, 0.1) is 0 Å². The van der Waals surface area contributed by atoms with Gasteiger partial charge in [-0.15, -0.1) is 0 Å². The lowest BCUT2D eigenvalue weighted by molar-refractivity contribution is -0.138. The van der Waals surface area contributed by atoms with Crippen LogP contribution in [0.3, 0.4) is 0 Å². The Balaban J connectivity index is 2.01. The zero-order chi connectivity index (χ0) is 33.2. The number of aryl methyl sites for hydroxylation is 4. The molecule has 0 aliphatic carbocycles. The van der Waals surface area contributed by atoms with Crippen LogP contribution in [-0.4, -0.2) is 18.3 Å². The molecule has 0 N–H and O–H groups in total. The summed E-state index contributed by atoms with van der Waals surface area (Å²) in [4.78, 5) is 0. The maximum absolute atomic E-state index is 14.0. The Morgan fingerprint density at radius 3 is 0.913 bits per heavy atom. The summed E-state index contributed by atoms with van der Waals surface area (Å²) < 4.78 is 92.2. The Kier molecular flexibility index (Phi) is 10.0. The largest absolute Gasteiger partial charge is 0.416 e. The molecule has 0 saturated heterocycles. The van der Waals surface area contributed by atoms with Gasteiger partial charge in [0.2, 0.25) is 0 Å². The number of alkyl halides is 6. The van der Waals surface area contributed by atoms with Gasteiger partial charge in [-0.1, -0.05) is 53.4 Å². The van der Waals surface area contributed by atoms with Gasteiger partial charge in [0.05, 0.1) is 55.3 Å². The first-order valence-corrected chi connectivity index (χ1v) is 16.6. The van der Waals surface area contributed by atoms with E-state index in [0.717, 1.165) is 85.6 Å². The lowest BCUT2D eigenvalue weighted by atomic mass is 10.1. The van der Waals surface area contributed by atoms with Crippen molar-refractivity contribution in [3.63, 3.8) is 0 Å². The van der Waals surface area contributed by atoms with Crippen LogP contribution in [0.2, 0.25) is 0 Å². The fourth-order valence-electron chi connectivity index (χ4n) is 6.46. The van der Waals surface area contributed by atoms with Crippen molar-refractivity contribution < 1.29 is 26.3 Å². The average Bonchev–Trinajstić information content (AvgIpc) is 3.02. The van der Waals surface area contributed by atoms with Gasteiger partial charge in [0.15, 0.2) is 0 Å². The molecule has 0 radical (unpaired) electrons. The fraction of sp³-hybridized carbons (Fsp3) is 0.500. The minimum Gasteiger partial charge on any atom is -0.338 e. The summed E-state index contributed by atoms with van der Waals surface area (Å²) in [5.74, 6) is 0. The van der Waals surface area contributed by atoms with Crippen molar-refractivity contribution in [3.05, 3.63) is 59.7 Å². The molecule has 46 heavy (non-hydrogen) atoms. The van der Waals surface area contributed by atoms with Gasteiger partial charge < -0.3 is 18.3 Å². The Bertz CT molecular complexity index is 1740. The highest BCUT2D eigenvalue weighted by atomic mass is 19.4. The summed E-state index contributed by atoms with van der Waals surface area (Å²) in [5.41, 5.74) is 4.48. The van der Waals surface area contributed by atoms with Crippen LogP contribution in [0.25, 0.3) is 44.1 Å². The normalized spacial score (nSPS) is 12.7. The molecule has 5 aromatic rings. The first kappa shape index (κ1) is 33.8. The van der Waals surface area contributed by atoms with Crippen molar-refractivity contribution >= 4 is 44.1 Å². The summed E-state index contributed by atoms with van der Waals surface area (Å²) in [6.07, 6.45) is -2.21. The van der Waals surface area contributed by atoms with E-state index in [4.69, 9.17) is 0 Å².